The van der Waals surface area contributed by atoms with Crippen molar-refractivity contribution in [2.75, 3.05) is 21.3 Å². The molecule has 1 atom stereocenters. The molecule has 0 saturated carbocycles. The van der Waals surface area contributed by atoms with Crippen molar-refractivity contribution in [2.45, 2.75) is 25.7 Å². The first-order valence-corrected chi connectivity index (χ1v) is 10.9. The molecule has 0 aliphatic rings. The van der Waals surface area contributed by atoms with Crippen LogP contribution in [0.5, 0.6) is 5.75 Å². The molecule has 0 amide bonds. The summed E-state index contributed by atoms with van der Waals surface area (Å²) in [4.78, 5) is 36.5. The number of methoxy groups -OCH3 is 3. The zero-order chi connectivity index (χ0) is 25.0. The van der Waals surface area contributed by atoms with Crippen LogP contribution in [-0.2, 0) is 21.3 Å². The number of carbonyl (C=O) groups excluding carboxylic acids is 2. The molecule has 1 unspecified atom stereocenters. The van der Waals surface area contributed by atoms with E-state index in [0.29, 0.717) is 29.5 Å². The van der Waals surface area contributed by atoms with Crippen LogP contribution in [0.3, 0.4) is 0 Å². The summed E-state index contributed by atoms with van der Waals surface area (Å²) >= 11 is 6.26. The smallest absolute Gasteiger partial charge is 0.419 e. The van der Waals surface area contributed by atoms with Crippen LogP contribution in [-0.4, -0.2) is 37.8 Å². The number of aromatic nitrogens is 1. The van der Waals surface area contributed by atoms with Crippen LogP contribution < -0.4 is 10.5 Å². The molecule has 0 radical (unpaired) electrons. The lowest BCUT2D eigenvalue weighted by molar-refractivity contribution is -0.142. The number of halogens is 1. The number of esters is 2. The summed E-state index contributed by atoms with van der Waals surface area (Å²) in [5.74, 6) is -1.68. The number of hydrogen-bond donors (Lipinski definition) is 0. The molecule has 0 spiro atoms. The first-order chi connectivity index (χ1) is 16.2. The second-order valence-electron chi connectivity index (χ2n) is 7.74. The van der Waals surface area contributed by atoms with Gasteiger partial charge in [-0.15, -0.1) is 0 Å². The van der Waals surface area contributed by atoms with Crippen LogP contribution in [0.25, 0.3) is 17.2 Å². The number of aryl methyl sites for hydroxylation is 2. The lowest BCUT2D eigenvalue weighted by Crippen LogP contribution is -2.15. The van der Waals surface area contributed by atoms with Gasteiger partial charge in [-0.3, -0.25) is 9.36 Å². The molecule has 0 aliphatic carbocycles. The first kappa shape index (κ1) is 25.1. The topological polar surface area (TPSA) is 97.0 Å². The quantitative estimate of drug-likeness (QED) is 0.427. The second kappa shape index (κ2) is 10.6. The summed E-state index contributed by atoms with van der Waals surface area (Å²) < 4.78 is 21.7. The summed E-state index contributed by atoms with van der Waals surface area (Å²) in [6.45, 7) is 1.83. The molecule has 2 aromatic carbocycles. The minimum Gasteiger partial charge on any atom is -0.494 e. The second-order valence-corrected chi connectivity index (χ2v) is 8.15. The fourth-order valence-electron chi connectivity index (χ4n) is 3.84. The monoisotopic (exact) mass is 487 g/mol. The largest absolute Gasteiger partial charge is 0.494 e. The summed E-state index contributed by atoms with van der Waals surface area (Å²) in [5, 5.41) is 0.284. The average molecular weight is 488 g/mol. The maximum Gasteiger partial charge on any atom is 0.419 e. The third-order valence-corrected chi connectivity index (χ3v) is 5.88. The maximum atomic E-state index is 12.6. The Bertz CT molecular complexity index is 1320. The fourth-order valence-corrected chi connectivity index (χ4v) is 4.15. The number of carbonyl (C=O) groups is 2. The number of fused-ring (bicyclic) bond motifs is 1. The standard InChI is InChI=1S/C25H26ClNO7/c1-14-10-16(13-20-21(14)34-25(30)27(20)2)17(23(28)32-4)9-7-6-8-15-11-18(24(29)33-5)22(31-3)19(26)12-15/h6,8,10-13,17H,7,9H2,1-5H3/b8-6+. The van der Waals surface area contributed by atoms with Crippen LogP contribution in [0.1, 0.15) is 45.8 Å². The molecular formula is C25H26ClNO7. The van der Waals surface area contributed by atoms with E-state index in [0.717, 1.165) is 11.1 Å². The molecule has 1 heterocycles. The predicted molar refractivity (Wildman–Crippen MR) is 129 cm³/mol. The van der Waals surface area contributed by atoms with E-state index in [2.05, 4.69) is 0 Å². The van der Waals surface area contributed by atoms with Gasteiger partial charge in [-0.1, -0.05) is 29.8 Å². The summed E-state index contributed by atoms with van der Waals surface area (Å²) in [5.41, 5.74) is 3.52. The van der Waals surface area contributed by atoms with E-state index in [9.17, 15) is 14.4 Å². The highest BCUT2D eigenvalue weighted by atomic mass is 35.5. The van der Waals surface area contributed by atoms with E-state index in [1.54, 1.807) is 31.3 Å². The Morgan fingerprint density at radius 2 is 1.88 bits per heavy atom. The SMILES string of the molecule is COC(=O)c1cc(/C=C/CCC(C(=O)OC)c2cc(C)c3oc(=O)n(C)c3c2)cc(Cl)c1OC. The Morgan fingerprint density at radius 3 is 2.53 bits per heavy atom. The molecule has 1 aromatic heterocycles. The van der Waals surface area contributed by atoms with Crippen molar-refractivity contribution in [3.05, 3.63) is 68.2 Å². The maximum absolute atomic E-state index is 12.6. The van der Waals surface area contributed by atoms with Gasteiger partial charge in [0.15, 0.2) is 11.3 Å². The van der Waals surface area contributed by atoms with Crippen molar-refractivity contribution in [3.8, 4) is 5.75 Å². The Morgan fingerprint density at radius 1 is 1.15 bits per heavy atom. The van der Waals surface area contributed by atoms with Gasteiger partial charge in [-0.25, -0.2) is 9.59 Å². The van der Waals surface area contributed by atoms with E-state index >= 15 is 0 Å². The van der Waals surface area contributed by atoms with Crippen LogP contribution >= 0.6 is 11.6 Å². The third-order valence-electron chi connectivity index (χ3n) is 5.60. The number of benzene rings is 2. The van der Waals surface area contributed by atoms with E-state index in [1.807, 2.05) is 19.1 Å². The van der Waals surface area contributed by atoms with Gasteiger partial charge < -0.3 is 18.6 Å². The van der Waals surface area contributed by atoms with Crippen molar-refractivity contribution in [1.29, 1.82) is 0 Å². The molecule has 9 heteroatoms. The number of hydrogen-bond acceptors (Lipinski definition) is 7. The molecule has 0 bridgehead atoms. The van der Waals surface area contributed by atoms with E-state index in [4.69, 9.17) is 30.2 Å². The van der Waals surface area contributed by atoms with Crippen molar-refractivity contribution in [1.82, 2.24) is 4.57 Å². The molecule has 3 aromatic rings. The minimum absolute atomic E-state index is 0.221. The molecule has 0 N–H and O–H groups in total. The van der Waals surface area contributed by atoms with Gasteiger partial charge in [0.25, 0.3) is 0 Å². The van der Waals surface area contributed by atoms with Gasteiger partial charge in [-0.05, 0) is 54.7 Å². The van der Waals surface area contributed by atoms with Crippen LogP contribution in [0.15, 0.2) is 39.6 Å². The van der Waals surface area contributed by atoms with Crippen LogP contribution in [0, 0.1) is 6.92 Å². The van der Waals surface area contributed by atoms with Crippen LogP contribution in [0.2, 0.25) is 5.02 Å². The van der Waals surface area contributed by atoms with Crippen LogP contribution in [0.4, 0.5) is 0 Å². The van der Waals surface area contributed by atoms with Gasteiger partial charge in [0.05, 0.1) is 37.8 Å². The van der Waals surface area contributed by atoms with Gasteiger partial charge in [0.2, 0.25) is 0 Å². The van der Waals surface area contributed by atoms with E-state index in [-0.39, 0.29) is 22.3 Å². The zero-order valence-corrected chi connectivity index (χ0v) is 20.4. The summed E-state index contributed by atoms with van der Waals surface area (Å²) in [7, 11) is 5.68. The number of nitrogens with zero attached hydrogens (tertiary/aromatic N) is 1. The third kappa shape index (κ3) is 5.02. The molecule has 3 rings (SSSR count). The van der Waals surface area contributed by atoms with Gasteiger partial charge in [0.1, 0.15) is 5.56 Å². The highest BCUT2D eigenvalue weighted by molar-refractivity contribution is 6.32. The lowest BCUT2D eigenvalue weighted by Gasteiger charge is -2.15. The van der Waals surface area contributed by atoms with Crippen molar-refractivity contribution in [3.63, 3.8) is 0 Å². The highest BCUT2D eigenvalue weighted by Gasteiger charge is 2.23. The summed E-state index contributed by atoms with van der Waals surface area (Å²) in [6, 6.07) is 6.92. The van der Waals surface area contributed by atoms with E-state index in [1.165, 1.54) is 25.9 Å². The molecule has 8 nitrogen and oxygen atoms in total. The van der Waals surface area contributed by atoms with E-state index < -0.39 is 17.6 Å². The molecule has 34 heavy (non-hydrogen) atoms. The Kier molecular flexibility index (Phi) is 7.83. The lowest BCUT2D eigenvalue weighted by atomic mass is 9.92. The zero-order valence-electron chi connectivity index (χ0n) is 19.6. The van der Waals surface area contributed by atoms with Crippen molar-refractivity contribution in [2.24, 2.45) is 7.05 Å². The first-order valence-electron chi connectivity index (χ1n) is 10.5. The molecule has 0 fully saturated rings. The van der Waals surface area contributed by atoms with Crippen molar-refractivity contribution >= 4 is 40.7 Å². The predicted octanol–water partition coefficient (Wildman–Crippen LogP) is 4.64. The van der Waals surface area contributed by atoms with Crippen molar-refractivity contribution < 1.29 is 28.2 Å². The normalized spacial score (nSPS) is 12.2. The summed E-state index contributed by atoms with van der Waals surface area (Å²) in [6.07, 6.45) is 4.69. The average Bonchev–Trinajstić information content (AvgIpc) is 3.11. The van der Waals surface area contributed by atoms with Gasteiger partial charge in [-0.2, -0.15) is 0 Å². The number of ether oxygens (including phenoxy) is 3. The Labute approximate surface area is 201 Å². The molecule has 0 saturated heterocycles. The van der Waals surface area contributed by atoms with Gasteiger partial charge in [0, 0.05) is 7.05 Å². The Hall–Kier alpha value is -3.52. The number of oxazole rings is 1. The number of allylic oxidation sites excluding steroid dienone is 1. The molecular weight excluding hydrogens is 462 g/mol. The molecule has 0 aliphatic heterocycles. The van der Waals surface area contributed by atoms with Gasteiger partial charge >= 0.3 is 17.7 Å². The number of rotatable bonds is 8. The highest BCUT2D eigenvalue weighted by Crippen LogP contribution is 2.32. The Balaban J connectivity index is 1.85. The molecule has 180 valence electrons. The fraction of sp³-hybridized carbons (Fsp3) is 0.320. The minimum atomic E-state index is -0.556.